The van der Waals surface area contributed by atoms with E-state index in [1.54, 1.807) is 0 Å². The monoisotopic (exact) mass is 949 g/mol. The van der Waals surface area contributed by atoms with Crippen LogP contribution in [0.15, 0.2) is 109 Å². The number of esters is 2. The summed E-state index contributed by atoms with van der Waals surface area (Å²) >= 11 is 0. The van der Waals surface area contributed by atoms with Crippen molar-refractivity contribution in [1.29, 1.82) is 0 Å². The summed E-state index contributed by atoms with van der Waals surface area (Å²) in [6, 6.07) is 0. The molecule has 0 aliphatic heterocycles. The average Bonchev–Trinajstić information content (AvgIpc) is 3.30. The quantitative estimate of drug-likeness (QED) is 0.0211. The molecule has 0 amide bonds. The van der Waals surface area contributed by atoms with Gasteiger partial charge in [0, 0.05) is 12.8 Å². The number of ether oxygens (including phenoxy) is 4. The number of carbonyl (C=O) groups is 3. The highest BCUT2D eigenvalue weighted by Crippen LogP contribution is 2.13. The maximum atomic E-state index is 12.8. The molecule has 386 valence electrons. The molecule has 2 atom stereocenters. The third kappa shape index (κ3) is 49.8. The Morgan fingerprint density at radius 3 is 1.25 bits per heavy atom. The van der Waals surface area contributed by atoms with Gasteiger partial charge in [-0.2, -0.15) is 0 Å². The van der Waals surface area contributed by atoms with Crippen molar-refractivity contribution in [3.05, 3.63) is 109 Å². The molecule has 0 aromatic carbocycles. The highest BCUT2D eigenvalue weighted by molar-refractivity contribution is 5.71. The minimum atomic E-state index is -1.52. The van der Waals surface area contributed by atoms with Crippen LogP contribution < -0.4 is 0 Å². The molecule has 0 aromatic heterocycles. The van der Waals surface area contributed by atoms with Crippen molar-refractivity contribution in [3.63, 3.8) is 0 Å². The van der Waals surface area contributed by atoms with Crippen LogP contribution >= 0.6 is 0 Å². The minimum absolute atomic E-state index is 0.177. The van der Waals surface area contributed by atoms with Gasteiger partial charge in [0.1, 0.15) is 13.2 Å². The standard InChI is InChI=1S/C59H97NO8/c1-6-8-10-12-14-16-18-20-22-23-24-25-26-27-28-29-30-31-32-33-34-35-36-38-40-42-44-46-48-50-57(62)68-55(54-67-59(58(63)64)65-52-51-60(3,4)5)53-66-56(61)49-47-45-43-41-39-37-21-19-17-15-13-11-9-7-2/h8,10,13-16,19-22,24-25,27-28,30-31,33-34,55,59H,6-7,9,11-12,17-18,23,26,29,32,35-54H2,1-5H3/p+1/b10-8-,15-13-,16-14-,21-19-,22-20-,25-24-,28-27-,31-30-,34-33-. The molecule has 0 spiro atoms. The molecule has 0 rings (SSSR count). The van der Waals surface area contributed by atoms with Crippen molar-refractivity contribution in [2.75, 3.05) is 47.5 Å². The van der Waals surface area contributed by atoms with E-state index in [0.29, 0.717) is 17.4 Å². The fourth-order valence-electron chi connectivity index (χ4n) is 6.65. The van der Waals surface area contributed by atoms with Crippen molar-refractivity contribution in [1.82, 2.24) is 0 Å². The largest absolute Gasteiger partial charge is 0.477 e. The average molecular weight is 949 g/mol. The summed E-state index contributed by atoms with van der Waals surface area (Å²) in [4.78, 5) is 37.3. The van der Waals surface area contributed by atoms with E-state index in [4.69, 9.17) is 18.9 Å². The van der Waals surface area contributed by atoms with Gasteiger partial charge in [0.15, 0.2) is 6.10 Å². The second-order valence-corrected chi connectivity index (χ2v) is 18.4. The number of carbonyl (C=O) groups excluding carboxylic acids is 2. The molecule has 0 aliphatic rings. The number of quaternary nitrogens is 1. The molecule has 0 saturated heterocycles. The highest BCUT2D eigenvalue weighted by atomic mass is 16.7. The maximum Gasteiger partial charge on any atom is 0.361 e. The lowest BCUT2D eigenvalue weighted by molar-refractivity contribution is -0.870. The highest BCUT2D eigenvalue weighted by Gasteiger charge is 2.25. The number of unbranched alkanes of at least 4 members (excludes halogenated alkanes) is 14. The molecule has 9 nitrogen and oxygen atoms in total. The van der Waals surface area contributed by atoms with Crippen molar-refractivity contribution in [2.45, 2.75) is 200 Å². The zero-order valence-corrected chi connectivity index (χ0v) is 43.7. The Morgan fingerprint density at radius 2 is 0.838 bits per heavy atom. The SMILES string of the molecule is CC/C=C\C/C=C\C/C=C\C/C=C\C/C=C\C/C=C\C/C=C\CCCCCCCCCC(=O)OC(COC(=O)CCCCCCC/C=C\C/C=C\CCCC)COC(OCC[N+](C)(C)C)C(=O)O. The molecule has 1 N–H and O–H groups in total. The van der Waals surface area contributed by atoms with E-state index in [2.05, 4.69) is 123 Å². The fraction of sp³-hybridized carbons (Fsp3) is 0.644. The van der Waals surface area contributed by atoms with E-state index >= 15 is 0 Å². The number of carboxylic acids is 1. The van der Waals surface area contributed by atoms with Crippen molar-refractivity contribution in [2.24, 2.45) is 0 Å². The van der Waals surface area contributed by atoms with Crippen molar-refractivity contribution < 1.29 is 42.9 Å². The Balaban J connectivity index is 4.34. The van der Waals surface area contributed by atoms with Crippen LogP contribution in [0.2, 0.25) is 0 Å². The van der Waals surface area contributed by atoms with Gasteiger partial charge < -0.3 is 28.5 Å². The number of nitrogens with zero attached hydrogens (tertiary/aromatic N) is 1. The van der Waals surface area contributed by atoms with Gasteiger partial charge in [0.2, 0.25) is 0 Å². The summed E-state index contributed by atoms with van der Waals surface area (Å²) in [7, 11) is 5.94. The van der Waals surface area contributed by atoms with Crippen LogP contribution in [-0.2, 0) is 33.3 Å². The van der Waals surface area contributed by atoms with E-state index < -0.39 is 24.3 Å². The van der Waals surface area contributed by atoms with Gasteiger partial charge in [-0.3, -0.25) is 9.59 Å². The Morgan fingerprint density at radius 1 is 0.456 bits per heavy atom. The predicted molar refractivity (Wildman–Crippen MR) is 285 cm³/mol. The molecule has 0 saturated carbocycles. The summed E-state index contributed by atoms with van der Waals surface area (Å²) in [5.41, 5.74) is 0. The van der Waals surface area contributed by atoms with Gasteiger partial charge in [-0.25, -0.2) is 4.79 Å². The Labute approximate surface area is 415 Å². The first-order chi connectivity index (χ1) is 33.1. The minimum Gasteiger partial charge on any atom is -0.477 e. The van der Waals surface area contributed by atoms with Gasteiger partial charge >= 0.3 is 17.9 Å². The summed E-state index contributed by atoms with van der Waals surface area (Å²) in [5, 5.41) is 9.67. The van der Waals surface area contributed by atoms with Crippen LogP contribution in [0.1, 0.15) is 187 Å². The molecular weight excluding hydrogens is 851 g/mol. The predicted octanol–water partition coefficient (Wildman–Crippen LogP) is 15.2. The lowest BCUT2D eigenvalue weighted by Crippen LogP contribution is -2.40. The summed E-state index contributed by atoms with van der Waals surface area (Å²) < 4.78 is 22.8. The second-order valence-electron chi connectivity index (χ2n) is 18.4. The van der Waals surface area contributed by atoms with Crippen molar-refractivity contribution in [3.8, 4) is 0 Å². The molecule has 0 bridgehead atoms. The summed E-state index contributed by atoms with van der Waals surface area (Å²) in [5.74, 6) is -2.05. The van der Waals surface area contributed by atoms with Crippen LogP contribution in [-0.4, -0.2) is 87.4 Å². The van der Waals surface area contributed by atoms with Crippen LogP contribution in [0, 0.1) is 0 Å². The Hall–Kier alpha value is -4.05. The second kappa shape index (κ2) is 49.4. The molecule has 0 fully saturated rings. The van der Waals surface area contributed by atoms with E-state index in [1.165, 1.54) is 32.1 Å². The topological polar surface area (TPSA) is 108 Å². The van der Waals surface area contributed by atoms with Crippen LogP contribution in [0.3, 0.4) is 0 Å². The number of rotatable bonds is 47. The fourth-order valence-corrected chi connectivity index (χ4v) is 6.65. The normalized spacial score (nSPS) is 13.7. The molecule has 0 radical (unpaired) electrons. The first-order valence-electron chi connectivity index (χ1n) is 26.6. The molecular formula is C59H98NO8+. The zero-order valence-electron chi connectivity index (χ0n) is 43.7. The molecule has 68 heavy (non-hydrogen) atoms. The van der Waals surface area contributed by atoms with Crippen molar-refractivity contribution >= 4 is 17.9 Å². The third-order valence-electron chi connectivity index (χ3n) is 10.8. The molecule has 9 heteroatoms. The lowest BCUT2D eigenvalue weighted by Gasteiger charge is -2.25. The Kier molecular flexibility index (Phi) is 46.4. The smallest absolute Gasteiger partial charge is 0.361 e. The first-order valence-corrected chi connectivity index (χ1v) is 26.6. The number of likely N-dealkylation sites (N-methyl/N-ethyl adjacent to an activating group) is 1. The molecule has 0 heterocycles. The van der Waals surface area contributed by atoms with Gasteiger partial charge in [-0.05, 0) is 96.3 Å². The number of hydrogen-bond donors (Lipinski definition) is 1. The zero-order chi connectivity index (χ0) is 49.9. The van der Waals surface area contributed by atoms with Gasteiger partial charge in [-0.1, -0.05) is 187 Å². The van der Waals surface area contributed by atoms with Gasteiger partial charge in [0.05, 0.1) is 34.4 Å². The number of allylic oxidation sites excluding steroid dienone is 18. The number of aliphatic carboxylic acids is 1. The van der Waals surface area contributed by atoms with Gasteiger partial charge in [0.25, 0.3) is 6.29 Å². The third-order valence-corrected chi connectivity index (χ3v) is 10.8. The summed E-state index contributed by atoms with van der Waals surface area (Å²) in [6.07, 6.45) is 64.4. The van der Waals surface area contributed by atoms with Crippen LogP contribution in [0.4, 0.5) is 0 Å². The van der Waals surface area contributed by atoms with Gasteiger partial charge in [-0.15, -0.1) is 0 Å². The lowest BCUT2D eigenvalue weighted by atomic mass is 10.1. The molecule has 2 unspecified atom stereocenters. The van der Waals surface area contributed by atoms with Crippen LogP contribution in [0.25, 0.3) is 0 Å². The van der Waals surface area contributed by atoms with E-state index in [-0.39, 0.29) is 38.6 Å². The first kappa shape index (κ1) is 64.0. The Bertz CT molecular complexity index is 1480. The molecule has 0 aliphatic carbocycles. The van der Waals surface area contributed by atoms with E-state index in [9.17, 15) is 19.5 Å². The number of hydrogen-bond acceptors (Lipinski definition) is 7. The molecule has 0 aromatic rings. The maximum absolute atomic E-state index is 12.8. The summed E-state index contributed by atoms with van der Waals surface area (Å²) in [6.45, 7) is 4.66. The van der Waals surface area contributed by atoms with Crippen LogP contribution in [0.5, 0.6) is 0 Å². The number of carboxylic acid groups (broad SMARTS) is 1. The van der Waals surface area contributed by atoms with E-state index in [0.717, 1.165) is 122 Å². The van der Waals surface area contributed by atoms with E-state index in [1.807, 2.05) is 21.1 Å².